The van der Waals surface area contributed by atoms with Gasteiger partial charge in [-0.15, -0.1) is 0 Å². The van der Waals surface area contributed by atoms with Crippen molar-refractivity contribution < 1.29 is 14.6 Å². The van der Waals surface area contributed by atoms with Crippen molar-refractivity contribution >= 4 is 11.7 Å². The Morgan fingerprint density at radius 1 is 1.05 bits per heavy atom. The zero-order valence-corrected chi connectivity index (χ0v) is 11.1. The first-order chi connectivity index (χ1) is 9.81. The van der Waals surface area contributed by atoms with Crippen molar-refractivity contribution in [1.82, 2.24) is 0 Å². The van der Waals surface area contributed by atoms with Gasteiger partial charge in [0.25, 0.3) is 0 Å². The average molecular weight is 271 g/mol. The van der Waals surface area contributed by atoms with Gasteiger partial charge in [-0.3, -0.25) is 4.79 Å². The number of nitrogens with one attached hydrogen (secondary N) is 1. The summed E-state index contributed by atoms with van der Waals surface area (Å²) in [4.78, 5) is 11.4. The van der Waals surface area contributed by atoms with Crippen molar-refractivity contribution in [2.45, 2.75) is 0 Å². The maximum absolute atomic E-state index is 11.4. The number of rotatable bonds is 6. The first-order valence-corrected chi connectivity index (χ1v) is 6.46. The van der Waals surface area contributed by atoms with Gasteiger partial charge in [0.1, 0.15) is 13.2 Å². The Morgan fingerprint density at radius 3 is 2.50 bits per heavy atom. The summed E-state index contributed by atoms with van der Waals surface area (Å²) in [5, 5.41) is 11.7. The highest BCUT2D eigenvalue weighted by molar-refractivity contribution is 5.81. The van der Waals surface area contributed by atoms with Gasteiger partial charge in [-0.05, 0) is 11.6 Å². The highest BCUT2D eigenvalue weighted by Gasteiger charge is 2.06. The normalized spacial score (nSPS) is 10.1. The second-order valence-electron chi connectivity index (χ2n) is 4.21. The third kappa shape index (κ3) is 3.83. The predicted octanol–water partition coefficient (Wildman–Crippen LogP) is 2.30. The van der Waals surface area contributed by atoms with E-state index in [0.29, 0.717) is 0 Å². The van der Waals surface area contributed by atoms with Crippen LogP contribution in [-0.2, 0) is 9.53 Å². The lowest BCUT2D eigenvalue weighted by Gasteiger charge is -2.11. The van der Waals surface area contributed by atoms with E-state index in [2.05, 4.69) is 5.32 Å². The lowest BCUT2D eigenvalue weighted by atomic mass is 10.0. The summed E-state index contributed by atoms with van der Waals surface area (Å²) in [7, 11) is 0. The molecule has 0 aliphatic carbocycles. The molecular weight excluding hydrogens is 254 g/mol. The van der Waals surface area contributed by atoms with Crippen LogP contribution in [-0.4, -0.2) is 30.8 Å². The van der Waals surface area contributed by atoms with E-state index in [1.165, 1.54) is 0 Å². The van der Waals surface area contributed by atoms with Crippen molar-refractivity contribution in [3.63, 3.8) is 0 Å². The van der Waals surface area contributed by atoms with Crippen molar-refractivity contribution in [1.29, 1.82) is 0 Å². The van der Waals surface area contributed by atoms with Gasteiger partial charge in [-0.2, -0.15) is 0 Å². The second-order valence-corrected chi connectivity index (χ2v) is 4.21. The van der Waals surface area contributed by atoms with E-state index < -0.39 is 0 Å². The Hall–Kier alpha value is -2.33. The minimum absolute atomic E-state index is 0.0286. The minimum atomic E-state index is -0.387. The molecule has 0 fully saturated rings. The summed E-state index contributed by atoms with van der Waals surface area (Å²) >= 11 is 0. The Morgan fingerprint density at radius 2 is 1.75 bits per heavy atom. The van der Waals surface area contributed by atoms with Gasteiger partial charge in [0.15, 0.2) is 0 Å². The van der Waals surface area contributed by atoms with E-state index in [4.69, 9.17) is 9.84 Å². The van der Waals surface area contributed by atoms with Gasteiger partial charge in [-0.1, -0.05) is 48.5 Å². The van der Waals surface area contributed by atoms with Gasteiger partial charge in [-0.25, -0.2) is 0 Å². The number of carbonyl (C=O) groups is 1. The Labute approximate surface area is 118 Å². The van der Waals surface area contributed by atoms with E-state index >= 15 is 0 Å². The molecule has 4 heteroatoms. The molecule has 0 aliphatic rings. The third-order valence-corrected chi connectivity index (χ3v) is 2.79. The number of hydrogen-bond acceptors (Lipinski definition) is 4. The number of aliphatic hydroxyl groups is 1. The number of hydrogen-bond donors (Lipinski definition) is 2. The van der Waals surface area contributed by atoms with Gasteiger partial charge >= 0.3 is 5.97 Å². The van der Waals surface area contributed by atoms with Crippen molar-refractivity contribution in [3.8, 4) is 11.1 Å². The number of benzene rings is 2. The summed E-state index contributed by atoms with van der Waals surface area (Å²) in [6.07, 6.45) is 0. The molecule has 2 rings (SSSR count). The number of aliphatic hydroxyl groups excluding tert-OH is 1. The van der Waals surface area contributed by atoms with Crippen LogP contribution in [0.2, 0.25) is 0 Å². The van der Waals surface area contributed by atoms with E-state index in [1.807, 2.05) is 54.6 Å². The van der Waals surface area contributed by atoms with Crippen LogP contribution in [0.25, 0.3) is 11.1 Å². The molecule has 0 amide bonds. The molecule has 0 radical (unpaired) electrons. The zero-order chi connectivity index (χ0) is 14.2. The fraction of sp³-hybridized carbons (Fsp3) is 0.188. The number of carbonyl (C=O) groups excluding carboxylic acids is 1. The summed E-state index contributed by atoms with van der Waals surface area (Å²) in [6, 6.07) is 17.7. The summed E-state index contributed by atoms with van der Waals surface area (Å²) < 4.78 is 4.81. The monoisotopic (exact) mass is 271 g/mol. The molecule has 0 unspecified atom stereocenters. The molecule has 4 nitrogen and oxygen atoms in total. The Balaban J connectivity index is 2.07. The largest absolute Gasteiger partial charge is 0.462 e. The van der Waals surface area contributed by atoms with Gasteiger partial charge in [0.05, 0.1) is 6.61 Å². The fourth-order valence-electron chi connectivity index (χ4n) is 1.88. The van der Waals surface area contributed by atoms with Crippen molar-refractivity contribution in [2.24, 2.45) is 0 Å². The highest BCUT2D eigenvalue weighted by Crippen LogP contribution is 2.27. The molecule has 0 heterocycles. The molecule has 0 aromatic heterocycles. The van der Waals surface area contributed by atoms with Crippen LogP contribution in [0.1, 0.15) is 0 Å². The molecule has 2 aromatic rings. The van der Waals surface area contributed by atoms with Gasteiger partial charge in [0.2, 0.25) is 0 Å². The van der Waals surface area contributed by atoms with Crippen LogP contribution in [0, 0.1) is 0 Å². The lowest BCUT2D eigenvalue weighted by Crippen LogP contribution is -2.18. The summed E-state index contributed by atoms with van der Waals surface area (Å²) in [5.74, 6) is -0.387. The third-order valence-electron chi connectivity index (χ3n) is 2.79. The molecule has 104 valence electrons. The molecular formula is C16H17NO3. The maximum atomic E-state index is 11.4. The van der Waals surface area contributed by atoms with Crippen molar-refractivity contribution in [2.75, 3.05) is 25.1 Å². The number of anilines is 1. The maximum Gasteiger partial charge on any atom is 0.325 e. The van der Waals surface area contributed by atoms with Gasteiger partial charge < -0.3 is 15.2 Å². The summed E-state index contributed by atoms with van der Waals surface area (Å²) in [6.45, 7) is -0.0585. The van der Waals surface area contributed by atoms with Crippen LogP contribution >= 0.6 is 0 Å². The van der Waals surface area contributed by atoms with Crippen LogP contribution < -0.4 is 5.32 Å². The summed E-state index contributed by atoms with van der Waals surface area (Å²) in [5.41, 5.74) is 2.99. The fourth-order valence-corrected chi connectivity index (χ4v) is 1.88. The van der Waals surface area contributed by atoms with Gasteiger partial charge in [0, 0.05) is 11.3 Å². The first-order valence-electron chi connectivity index (χ1n) is 6.46. The number of para-hydroxylation sites is 1. The molecule has 2 aromatic carbocycles. The highest BCUT2D eigenvalue weighted by atomic mass is 16.5. The molecule has 20 heavy (non-hydrogen) atoms. The van der Waals surface area contributed by atoms with E-state index in [-0.39, 0.29) is 25.7 Å². The topological polar surface area (TPSA) is 58.6 Å². The Kier molecular flexibility index (Phi) is 5.15. The minimum Gasteiger partial charge on any atom is -0.462 e. The smallest absolute Gasteiger partial charge is 0.325 e. The molecule has 2 N–H and O–H groups in total. The zero-order valence-electron chi connectivity index (χ0n) is 11.1. The quantitative estimate of drug-likeness (QED) is 0.791. The molecule has 0 saturated heterocycles. The van der Waals surface area contributed by atoms with Crippen molar-refractivity contribution in [3.05, 3.63) is 54.6 Å². The van der Waals surface area contributed by atoms with E-state index in [0.717, 1.165) is 16.8 Å². The standard InChI is InChI=1S/C16H17NO3/c18-10-11-20-16(19)12-17-15-9-5-4-8-14(15)13-6-2-1-3-7-13/h1-9,17-18H,10-12H2. The average Bonchev–Trinajstić information content (AvgIpc) is 2.52. The lowest BCUT2D eigenvalue weighted by molar-refractivity contribution is -0.142. The predicted molar refractivity (Wildman–Crippen MR) is 78.4 cm³/mol. The Bertz CT molecular complexity index is 555. The number of ether oxygens (including phenoxy) is 1. The van der Waals surface area contributed by atoms with Crippen LogP contribution in [0.15, 0.2) is 54.6 Å². The molecule has 0 spiro atoms. The first kappa shape index (κ1) is 14.1. The SMILES string of the molecule is O=C(CNc1ccccc1-c1ccccc1)OCCO. The molecule has 0 bridgehead atoms. The molecule has 0 aliphatic heterocycles. The van der Waals surface area contributed by atoms with Crippen LogP contribution in [0.3, 0.4) is 0 Å². The van der Waals surface area contributed by atoms with Crippen LogP contribution in [0.4, 0.5) is 5.69 Å². The van der Waals surface area contributed by atoms with Crippen LogP contribution in [0.5, 0.6) is 0 Å². The van der Waals surface area contributed by atoms with E-state index in [1.54, 1.807) is 0 Å². The molecule has 0 atom stereocenters. The number of esters is 1. The second kappa shape index (κ2) is 7.31. The molecule has 0 saturated carbocycles. The van der Waals surface area contributed by atoms with E-state index in [9.17, 15) is 4.79 Å².